The van der Waals surface area contributed by atoms with E-state index in [0.29, 0.717) is 5.16 Å². The number of halogens is 3. The molecule has 0 radical (unpaired) electrons. The number of amides is 1. The van der Waals surface area contributed by atoms with Crippen LogP contribution >= 0.6 is 11.8 Å². The first-order valence-electron chi connectivity index (χ1n) is 6.67. The van der Waals surface area contributed by atoms with Gasteiger partial charge in [-0.15, -0.1) is 0 Å². The summed E-state index contributed by atoms with van der Waals surface area (Å²) in [4.78, 5) is 20.2. The molecule has 0 spiro atoms. The van der Waals surface area contributed by atoms with E-state index in [0.717, 1.165) is 29.2 Å². The van der Waals surface area contributed by atoms with Gasteiger partial charge in [-0.2, -0.15) is 13.2 Å². The first-order chi connectivity index (χ1) is 10.8. The predicted octanol–water partition coefficient (Wildman–Crippen LogP) is 3.84. The minimum Gasteiger partial charge on any atom is -0.325 e. The number of aromatic nitrogens is 2. The summed E-state index contributed by atoms with van der Waals surface area (Å²) in [6.07, 6.45) is -4.52. The SMILES string of the molecule is Cc1cc(C)nc(SCC(=O)Nc2ccccc2C(F)(F)F)n1. The van der Waals surface area contributed by atoms with Gasteiger partial charge in [0.05, 0.1) is 17.0 Å². The molecule has 1 N–H and O–H groups in total. The zero-order valence-electron chi connectivity index (χ0n) is 12.4. The van der Waals surface area contributed by atoms with Crippen LogP contribution in [0, 0.1) is 13.8 Å². The van der Waals surface area contributed by atoms with E-state index in [1.807, 2.05) is 0 Å². The van der Waals surface area contributed by atoms with Crippen molar-refractivity contribution in [2.24, 2.45) is 0 Å². The number of carbonyl (C=O) groups is 1. The van der Waals surface area contributed by atoms with Gasteiger partial charge in [0.15, 0.2) is 5.16 Å². The van der Waals surface area contributed by atoms with Crippen molar-refractivity contribution in [3.05, 3.63) is 47.3 Å². The second-order valence-electron chi connectivity index (χ2n) is 4.81. The van der Waals surface area contributed by atoms with E-state index in [4.69, 9.17) is 0 Å². The van der Waals surface area contributed by atoms with Crippen LogP contribution in [0.4, 0.5) is 18.9 Å². The van der Waals surface area contributed by atoms with E-state index in [2.05, 4.69) is 15.3 Å². The highest BCUT2D eigenvalue weighted by molar-refractivity contribution is 7.99. The van der Waals surface area contributed by atoms with Gasteiger partial charge in [0.25, 0.3) is 0 Å². The highest BCUT2D eigenvalue weighted by Gasteiger charge is 2.33. The van der Waals surface area contributed by atoms with Crippen molar-refractivity contribution in [1.29, 1.82) is 0 Å². The number of thioether (sulfide) groups is 1. The molecule has 0 saturated heterocycles. The largest absolute Gasteiger partial charge is 0.418 e. The number of aryl methyl sites for hydroxylation is 2. The molecule has 0 fully saturated rings. The first-order valence-corrected chi connectivity index (χ1v) is 7.65. The molecule has 4 nitrogen and oxygen atoms in total. The molecular formula is C15H14F3N3OS. The van der Waals surface area contributed by atoms with Crippen LogP contribution in [0.15, 0.2) is 35.5 Å². The predicted molar refractivity (Wildman–Crippen MR) is 82.3 cm³/mol. The van der Waals surface area contributed by atoms with Crippen molar-refractivity contribution >= 4 is 23.4 Å². The fourth-order valence-electron chi connectivity index (χ4n) is 1.91. The summed E-state index contributed by atoms with van der Waals surface area (Å²) < 4.78 is 38.6. The van der Waals surface area contributed by atoms with Crippen molar-refractivity contribution in [2.45, 2.75) is 25.2 Å². The molecule has 0 atom stereocenters. The summed E-state index contributed by atoms with van der Waals surface area (Å²) in [5.74, 6) is -0.621. The number of benzene rings is 1. The third kappa shape index (κ3) is 4.95. The lowest BCUT2D eigenvalue weighted by molar-refractivity contribution is -0.137. The van der Waals surface area contributed by atoms with Gasteiger partial charge in [-0.1, -0.05) is 23.9 Å². The third-order valence-electron chi connectivity index (χ3n) is 2.80. The zero-order chi connectivity index (χ0) is 17.0. The maximum atomic E-state index is 12.9. The maximum Gasteiger partial charge on any atom is 0.418 e. The number of anilines is 1. The van der Waals surface area contributed by atoms with Gasteiger partial charge in [0.2, 0.25) is 5.91 Å². The fourth-order valence-corrected chi connectivity index (χ4v) is 2.66. The number of carbonyl (C=O) groups excluding carboxylic acids is 1. The van der Waals surface area contributed by atoms with Gasteiger partial charge < -0.3 is 5.32 Å². The van der Waals surface area contributed by atoms with Gasteiger partial charge in [-0.3, -0.25) is 4.79 Å². The molecule has 2 rings (SSSR count). The van der Waals surface area contributed by atoms with Crippen LogP contribution in [0.3, 0.4) is 0 Å². The molecule has 0 aliphatic carbocycles. The quantitative estimate of drug-likeness (QED) is 0.678. The number of hydrogen-bond acceptors (Lipinski definition) is 4. The van der Waals surface area contributed by atoms with Crippen LogP contribution in [0.25, 0.3) is 0 Å². The van der Waals surface area contributed by atoms with E-state index < -0.39 is 17.6 Å². The van der Waals surface area contributed by atoms with Crippen LogP contribution in [-0.4, -0.2) is 21.6 Å². The smallest absolute Gasteiger partial charge is 0.325 e. The van der Waals surface area contributed by atoms with Gasteiger partial charge >= 0.3 is 6.18 Å². The molecule has 0 aliphatic heterocycles. The van der Waals surface area contributed by atoms with Crippen molar-refractivity contribution in [2.75, 3.05) is 11.1 Å². The molecule has 23 heavy (non-hydrogen) atoms. The van der Waals surface area contributed by atoms with Gasteiger partial charge in [-0.25, -0.2) is 9.97 Å². The first kappa shape index (κ1) is 17.3. The van der Waals surface area contributed by atoms with Crippen LogP contribution < -0.4 is 5.32 Å². The molecule has 1 amide bonds. The van der Waals surface area contributed by atoms with Crippen molar-refractivity contribution in [3.63, 3.8) is 0 Å². The summed E-state index contributed by atoms with van der Waals surface area (Å²) in [6, 6.07) is 6.65. The Kier molecular flexibility index (Phi) is 5.25. The van der Waals surface area contributed by atoms with Gasteiger partial charge in [0.1, 0.15) is 0 Å². The lowest BCUT2D eigenvalue weighted by Gasteiger charge is -2.13. The lowest BCUT2D eigenvalue weighted by atomic mass is 10.1. The number of nitrogens with zero attached hydrogens (tertiary/aromatic N) is 2. The summed E-state index contributed by atoms with van der Waals surface area (Å²) in [5, 5.41) is 2.70. The summed E-state index contributed by atoms with van der Waals surface area (Å²) in [6.45, 7) is 3.61. The normalized spacial score (nSPS) is 11.3. The van der Waals surface area contributed by atoms with Crippen molar-refractivity contribution < 1.29 is 18.0 Å². The third-order valence-corrected chi connectivity index (χ3v) is 3.65. The average Bonchev–Trinajstić information content (AvgIpc) is 2.43. The number of nitrogens with one attached hydrogen (secondary N) is 1. The molecule has 8 heteroatoms. The van der Waals surface area contributed by atoms with Crippen molar-refractivity contribution in [1.82, 2.24) is 9.97 Å². The van der Waals surface area contributed by atoms with E-state index in [1.165, 1.54) is 18.2 Å². The number of rotatable bonds is 4. The second kappa shape index (κ2) is 6.99. The molecule has 0 saturated carbocycles. The maximum absolute atomic E-state index is 12.9. The topological polar surface area (TPSA) is 54.9 Å². The number of hydrogen-bond donors (Lipinski definition) is 1. The van der Waals surface area contributed by atoms with Crippen LogP contribution in [0.1, 0.15) is 17.0 Å². The van der Waals surface area contributed by atoms with Crippen LogP contribution in [0.5, 0.6) is 0 Å². The van der Waals surface area contributed by atoms with E-state index in [9.17, 15) is 18.0 Å². The van der Waals surface area contributed by atoms with Gasteiger partial charge in [-0.05, 0) is 32.0 Å². The summed E-state index contributed by atoms with van der Waals surface area (Å²) in [7, 11) is 0. The fraction of sp³-hybridized carbons (Fsp3) is 0.267. The zero-order valence-corrected chi connectivity index (χ0v) is 13.3. The minimum absolute atomic E-state index is 0.0743. The van der Waals surface area contributed by atoms with Crippen LogP contribution in [0.2, 0.25) is 0 Å². The molecule has 1 aromatic heterocycles. The summed E-state index contributed by atoms with van der Waals surface area (Å²) >= 11 is 1.07. The highest BCUT2D eigenvalue weighted by atomic mass is 32.2. The molecule has 1 aromatic carbocycles. The molecule has 122 valence electrons. The monoisotopic (exact) mass is 341 g/mol. The summed E-state index contributed by atoms with van der Waals surface area (Å²) in [5.41, 5.74) is 0.401. The van der Waals surface area contributed by atoms with Crippen LogP contribution in [-0.2, 0) is 11.0 Å². The van der Waals surface area contributed by atoms with E-state index >= 15 is 0 Å². The number of alkyl halides is 3. The highest BCUT2D eigenvalue weighted by Crippen LogP contribution is 2.34. The lowest BCUT2D eigenvalue weighted by Crippen LogP contribution is -2.18. The molecule has 0 aliphatic rings. The van der Waals surface area contributed by atoms with Crippen molar-refractivity contribution in [3.8, 4) is 0 Å². The molecule has 1 heterocycles. The number of para-hydroxylation sites is 1. The van der Waals surface area contributed by atoms with E-state index in [-0.39, 0.29) is 11.4 Å². The van der Waals surface area contributed by atoms with Gasteiger partial charge in [0, 0.05) is 11.4 Å². The molecular weight excluding hydrogens is 327 g/mol. The molecule has 0 bridgehead atoms. The Bertz CT molecular complexity index is 699. The molecule has 2 aromatic rings. The minimum atomic E-state index is -4.52. The Morgan fingerprint density at radius 3 is 2.39 bits per heavy atom. The Labute approximate surface area is 135 Å². The standard InChI is InChI=1S/C15H14F3N3OS/c1-9-7-10(2)20-14(19-9)23-8-13(22)21-12-6-4-3-5-11(12)15(16,17)18/h3-7H,8H2,1-2H3,(H,21,22). The second-order valence-corrected chi connectivity index (χ2v) is 5.76. The Balaban J connectivity index is 2.03. The van der Waals surface area contributed by atoms with E-state index in [1.54, 1.807) is 19.9 Å². The molecule has 0 unspecified atom stereocenters. The Morgan fingerprint density at radius 2 is 1.78 bits per heavy atom. The Hall–Kier alpha value is -2.09. The average molecular weight is 341 g/mol. The Morgan fingerprint density at radius 1 is 1.17 bits per heavy atom.